The Bertz CT molecular complexity index is 728. The van der Waals surface area contributed by atoms with Gasteiger partial charge in [0.05, 0.1) is 16.7 Å². The molecular formula is C20H25F3N2O4. The number of alkyl halides is 3. The van der Waals surface area contributed by atoms with Gasteiger partial charge in [-0.1, -0.05) is 17.3 Å². The maximum atomic E-state index is 12.8. The number of hydrogen-bond donors (Lipinski definition) is 2. The first-order valence-corrected chi connectivity index (χ1v) is 9.71. The Morgan fingerprint density at radius 3 is 2.55 bits per heavy atom. The van der Waals surface area contributed by atoms with E-state index in [-0.39, 0.29) is 18.6 Å². The normalized spacial score (nSPS) is 21.4. The van der Waals surface area contributed by atoms with Crippen molar-refractivity contribution in [1.29, 1.82) is 0 Å². The number of nitrogens with zero attached hydrogens (tertiary/aromatic N) is 1. The lowest BCUT2D eigenvalue weighted by Gasteiger charge is -2.36. The highest BCUT2D eigenvalue weighted by molar-refractivity contribution is 6.01. The Labute approximate surface area is 167 Å². The number of nitrogens with one attached hydrogen (secondary N) is 1. The average Bonchev–Trinajstić information content (AvgIpc) is 3.16. The van der Waals surface area contributed by atoms with Crippen LogP contribution in [0.5, 0.6) is 0 Å². The molecule has 0 aliphatic carbocycles. The largest absolute Gasteiger partial charge is 0.416 e. The molecule has 0 aromatic heterocycles. The molecule has 0 bridgehead atoms. The van der Waals surface area contributed by atoms with Crippen molar-refractivity contribution in [3.05, 3.63) is 35.4 Å². The molecule has 2 aliphatic rings. The molecule has 2 heterocycles. The summed E-state index contributed by atoms with van der Waals surface area (Å²) in [6.07, 6.45) is -2.21. The SMILES string of the molecule is O=C(NCCCO)C1(CC2CC(c3ccc(C(F)(F)F)cc3)=NO2)CCOCC1. The molecule has 29 heavy (non-hydrogen) atoms. The van der Waals surface area contributed by atoms with Crippen LogP contribution in [0.4, 0.5) is 13.2 Å². The number of aliphatic hydroxyl groups excluding tert-OH is 1. The van der Waals surface area contributed by atoms with Crippen LogP contribution in [-0.4, -0.2) is 49.2 Å². The van der Waals surface area contributed by atoms with E-state index in [9.17, 15) is 18.0 Å². The monoisotopic (exact) mass is 414 g/mol. The summed E-state index contributed by atoms with van der Waals surface area (Å²) in [5, 5.41) is 15.8. The predicted molar refractivity (Wildman–Crippen MR) is 99.3 cm³/mol. The van der Waals surface area contributed by atoms with Crippen LogP contribution < -0.4 is 5.32 Å². The Hall–Kier alpha value is -2.13. The van der Waals surface area contributed by atoms with Crippen LogP contribution in [0.3, 0.4) is 0 Å². The third kappa shape index (κ3) is 5.27. The Morgan fingerprint density at radius 1 is 1.24 bits per heavy atom. The minimum Gasteiger partial charge on any atom is -0.396 e. The smallest absolute Gasteiger partial charge is 0.396 e. The van der Waals surface area contributed by atoms with E-state index >= 15 is 0 Å². The average molecular weight is 414 g/mol. The van der Waals surface area contributed by atoms with Gasteiger partial charge in [0.2, 0.25) is 5.91 Å². The number of rotatable bonds is 7. The Kier molecular flexibility index (Phi) is 6.79. The quantitative estimate of drug-likeness (QED) is 0.673. The molecular weight excluding hydrogens is 389 g/mol. The van der Waals surface area contributed by atoms with Crippen molar-refractivity contribution < 1.29 is 32.6 Å². The molecule has 9 heteroatoms. The van der Waals surface area contributed by atoms with Crippen LogP contribution in [0.1, 0.15) is 43.2 Å². The van der Waals surface area contributed by atoms with Crippen LogP contribution in [0.15, 0.2) is 29.4 Å². The number of hydrogen-bond acceptors (Lipinski definition) is 5. The first-order valence-electron chi connectivity index (χ1n) is 9.71. The van der Waals surface area contributed by atoms with Gasteiger partial charge < -0.3 is 20.0 Å². The first-order chi connectivity index (χ1) is 13.8. The number of carbonyl (C=O) groups excluding carboxylic acids is 1. The second-order valence-electron chi connectivity index (χ2n) is 7.47. The molecule has 2 N–H and O–H groups in total. The summed E-state index contributed by atoms with van der Waals surface area (Å²) in [5.74, 6) is -0.0826. The molecule has 1 aromatic rings. The van der Waals surface area contributed by atoms with Crippen molar-refractivity contribution in [3.63, 3.8) is 0 Å². The maximum Gasteiger partial charge on any atom is 0.416 e. The third-order valence-corrected chi connectivity index (χ3v) is 5.45. The molecule has 3 rings (SSSR count). The van der Waals surface area contributed by atoms with Crippen LogP contribution in [-0.2, 0) is 20.5 Å². The van der Waals surface area contributed by atoms with Gasteiger partial charge in [0.15, 0.2) is 0 Å². The summed E-state index contributed by atoms with van der Waals surface area (Å²) >= 11 is 0. The van der Waals surface area contributed by atoms with Gasteiger partial charge in [-0.2, -0.15) is 13.2 Å². The maximum absolute atomic E-state index is 12.8. The van der Waals surface area contributed by atoms with Gasteiger partial charge in [0.1, 0.15) is 6.10 Å². The lowest BCUT2D eigenvalue weighted by molar-refractivity contribution is -0.140. The molecule has 1 unspecified atom stereocenters. The number of aliphatic hydroxyl groups is 1. The summed E-state index contributed by atoms with van der Waals surface area (Å²) in [7, 11) is 0. The zero-order valence-electron chi connectivity index (χ0n) is 16.0. The lowest BCUT2D eigenvalue weighted by atomic mass is 9.74. The van der Waals surface area contributed by atoms with E-state index in [0.29, 0.717) is 63.1 Å². The van der Waals surface area contributed by atoms with Gasteiger partial charge in [-0.25, -0.2) is 0 Å². The van der Waals surface area contributed by atoms with E-state index in [1.165, 1.54) is 12.1 Å². The van der Waals surface area contributed by atoms with E-state index in [2.05, 4.69) is 10.5 Å². The minimum absolute atomic E-state index is 0.00640. The fraction of sp³-hybridized carbons (Fsp3) is 0.600. The van der Waals surface area contributed by atoms with Gasteiger partial charge in [-0.15, -0.1) is 0 Å². The molecule has 0 saturated carbocycles. The predicted octanol–water partition coefficient (Wildman–Crippen LogP) is 2.88. The second kappa shape index (κ2) is 9.13. The van der Waals surface area contributed by atoms with Crippen molar-refractivity contribution in [1.82, 2.24) is 5.32 Å². The van der Waals surface area contributed by atoms with Gasteiger partial charge in [0.25, 0.3) is 0 Å². The molecule has 160 valence electrons. The van der Waals surface area contributed by atoms with Crippen LogP contribution in [0.2, 0.25) is 0 Å². The number of oxime groups is 1. The fourth-order valence-corrected chi connectivity index (χ4v) is 3.75. The van der Waals surface area contributed by atoms with Crippen molar-refractivity contribution in [2.45, 2.75) is 44.4 Å². The molecule has 1 atom stereocenters. The van der Waals surface area contributed by atoms with Crippen molar-refractivity contribution >= 4 is 11.6 Å². The molecule has 6 nitrogen and oxygen atoms in total. The first kappa shape index (κ1) is 21.6. The number of benzene rings is 1. The molecule has 0 spiro atoms. The van der Waals surface area contributed by atoms with E-state index < -0.39 is 17.2 Å². The summed E-state index contributed by atoms with van der Waals surface area (Å²) in [6.45, 7) is 1.36. The lowest BCUT2D eigenvalue weighted by Crippen LogP contribution is -2.47. The van der Waals surface area contributed by atoms with Gasteiger partial charge >= 0.3 is 6.18 Å². The zero-order chi connectivity index (χ0) is 20.9. The van der Waals surface area contributed by atoms with Gasteiger partial charge in [-0.05, 0) is 37.0 Å². The molecule has 0 radical (unpaired) electrons. The highest BCUT2D eigenvalue weighted by atomic mass is 19.4. The third-order valence-electron chi connectivity index (χ3n) is 5.45. The highest BCUT2D eigenvalue weighted by Gasteiger charge is 2.43. The topological polar surface area (TPSA) is 80.2 Å². The number of amides is 1. The van der Waals surface area contributed by atoms with Gasteiger partial charge in [0, 0.05) is 39.2 Å². The van der Waals surface area contributed by atoms with Crippen LogP contribution in [0.25, 0.3) is 0 Å². The van der Waals surface area contributed by atoms with Crippen molar-refractivity contribution in [2.24, 2.45) is 10.6 Å². The van der Waals surface area contributed by atoms with E-state index in [4.69, 9.17) is 14.7 Å². The van der Waals surface area contributed by atoms with Crippen molar-refractivity contribution in [3.8, 4) is 0 Å². The highest BCUT2D eigenvalue weighted by Crippen LogP contribution is 2.39. The van der Waals surface area contributed by atoms with E-state index in [0.717, 1.165) is 12.1 Å². The fourth-order valence-electron chi connectivity index (χ4n) is 3.75. The van der Waals surface area contributed by atoms with Crippen LogP contribution >= 0.6 is 0 Å². The molecule has 1 fully saturated rings. The van der Waals surface area contributed by atoms with Crippen molar-refractivity contribution in [2.75, 3.05) is 26.4 Å². The number of carbonyl (C=O) groups is 1. The van der Waals surface area contributed by atoms with E-state index in [1.54, 1.807) is 0 Å². The van der Waals surface area contributed by atoms with Crippen LogP contribution in [0, 0.1) is 5.41 Å². The molecule has 1 aromatic carbocycles. The Morgan fingerprint density at radius 2 is 1.93 bits per heavy atom. The van der Waals surface area contributed by atoms with E-state index in [1.807, 2.05) is 0 Å². The summed E-state index contributed by atoms with van der Waals surface area (Å²) in [5.41, 5.74) is -0.192. The standard InChI is InChI=1S/C20H25F3N2O4/c21-20(22,23)15-4-2-14(3-5-15)17-12-16(29-25-17)13-19(6-10-28-11-7-19)18(27)24-8-1-9-26/h2-5,16,26H,1,6-13H2,(H,24,27). The zero-order valence-corrected chi connectivity index (χ0v) is 16.0. The Balaban J connectivity index is 1.63. The summed E-state index contributed by atoms with van der Waals surface area (Å²) in [6, 6.07) is 4.83. The number of ether oxygens (including phenoxy) is 1. The summed E-state index contributed by atoms with van der Waals surface area (Å²) in [4.78, 5) is 18.3. The minimum atomic E-state index is -4.38. The molecule has 2 aliphatic heterocycles. The second-order valence-corrected chi connectivity index (χ2v) is 7.47. The number of halogens is 3. The summed E-state index contributed by atoms with van der Waals surface area (Å²) < 4.78 is 43.6. The van der Waals surface area contributed by atoms with Gasteiger partial charge in [-0.3, -0.25) is 4.79 Å². The molecule has 1 saturated heterocycles. The molecule has 1 amide bonds.